The molecule has 0 bridgehead atoms. The van der Waals surface area contributed by atoms with Crippen molar-refractivity contribution < 1.29 is 46.1 Å². The van der Waals surface area contributed by atoms with Crippen LogP contribution in [0.3, 0.4) is 0 Å². The van der Waals surface area contributed by atoms with Crippen molar-refractivity contribution in [2.24, 2.45) is 16.8 Å². The number of ether oxygens (including phenoxy) is 1. The van der Waals surface area contributed by atoms with E-state index < -0.39 is 34.3 Å². The third-order valence-electron chi connectivity index (χ3n) is 11.0. The molecule has 15 heteroatoms. The molecular formula is C35H51F3N4O7S. The number of aliphatic hydroxyl groups is 2. The van der Waals surface area contributed by atoms with Gasteiger partial charge in [0.15, 0.2) is 0 Å². The molecule has 1 aromatic rings. The molecule has 50 heavy (non-hydrogen) atoms. The Morgan fingerprint density at radius 1 is 1.06 bits per heavy atom. The van der Waals surface area contributed by atoms with E-state index >= 15 is 0 Å². The SMILES string of the molecule is Cc1cc(C(=O)N2CCC(OC[C@H](O)CO)CC2)cc(C)c1CCS(=O)(=O)N1CCC2(CC1)N=C(C1CCC(CCC(F)(F)F)CC1)NC2=O. The maximum absolute atomic E-state index is 13.5. The van der Waals surface area contributed by atoms with Crippen LogP contribution in [0.25, 0.3) is 0 Å². The largest absolute Gasteiger partial charge is 0.394 e. The zero-order chi connectivity index (χ0) is 36.3. The van der Waals surface area contributed by atoms with E-state index in [2.05, 4.69) is 5.32 Å². The number of hydrogen-bond acceptors (Lipinski definition) is 8. The van der Waals surface area contributed by atoms with Gasteiger partial charge in [-0.1, -0.05) is 0 Å². The molecule has 0 aromatic heterocycles. The lowest BCUT2D eigenvalue weighted by Crippen LogP contribution is -2.51. The van der Waals surface area contributed by atoms with E-state index in [-0.39, 0.29) is 87.5 Å². The molecular weight excluding hydrogens is 677 g/mol. The normalized spacial score (nSPS) is 24.3. The highest BCUT2D eigenvalue weighted by Crippen LogP contribution is 2.38. The molecule has 0 radical (unpaired) electrons. The quantitative estimate of drug-likeness (QED) is 0.298. The summed E-state index contributed by atoms with van der Waals surface area (Å²) >= 11 is 0. The second-order valence-electron chi connectivity index (χ2n) is 14.6. The summed E-state index contributed by atoms with van der Waals surface area (Å²) in [6.45, 7) is 4.82. The Hall–Kier alpha value is -2.59. The number of aryl methyl sites for hydroxylation is 2. The molecule has 2 amide bonds. The highest BCUT2D eigenvalue weighted by molar-refractivity contribution is 7.89. The fourth-order valence-electron chi connectivity index (χ4n) is 7.88. The first-order chi connectivity index (χ1) is 23.6. The van der Waals surface area contributed by atoms with Crippen LogP contribution in [-0.2, 0) is 26.0 Å². The van der Waals surface area contributed by atoms with Crippen molar-refractivity contribution >= 4 is 27.7 Å². The third kappa shape index (κ3) is 9.44. The summed E-state index contributed by atoms with van der Waals surface area (Å²) in [6.07, 6.45) is -1.01. The molecule has 2 saturated heterocycles. The molecule has 1 saturated carbocycles. The molecule has 3 N–H and O–H groups in total. The van der Waals surface area contributed by atoms with Crippen LogP contribution >= 0.6 is 0 Å². The first-order valence-corrected chi connectivity index (χ1v) is 19.5. The summed E-state index contributed by atoms with van der Waals surface area (Å²) in [5.74, 6) is 0.201. The number of amides is 2. The van der Waals surface area contributed by atoms with Crippen LogP contribution in [0.1, 0.15) is 91.3 Å². The first kappa shape index (κ1) is 38.6. The van der Waals surface area contributed by atoms with Crippen LogP contribution < -0.4 is 5.32 Å². The molecule has 5 rings (SSSR count). The van der Waals surface area contributed by atoms with Gasteiger partial charge in [-0.3, -0.25) is 14.6 Å². The Bertz CT molecular complexity index is 1490. The number of carbonyl (C=O) groups is 2. The Labute approximate surface area is 292 Å². The van der Waals surface area contributed by atoms with Gasteiger partial charge in [0.05, 0.1) is 25.1 Å². The molecule has 1 aliphatic carbocycles. The summed E-state index contributed by atoms with van der Waals surface area (Å²) in [6, 6.07) is 3.62. The monoisotopic (exact) mass is 728 g/mol. The van der Waals surface area contributed by atoms with Crippen molar-refractivity contribution in [1.82, 2.24) is 14.5 Å². The highest BCUT2D eigenvalue weighted by Gasteiger charge is 2.48. The van der Waals surface area contributed by atoms with Crippen molar-refractivity contribution in [3.8, 4) is 0 Å². The molecule has 4 aliphatic rings. The number of rotatable bonds is 12. The number of benzene rings is 1. The number of amidine groups is 1. The van der Waals surface area contributed by atoms with Crippen molar-refractivity contribution in [3.05, 3.63) is 34.4 Å². The van der Waals surface area contributed by atoms with Gasteiger partial charge in [0.2, 0.25) is 10.0 Å². The first-order valence-electron chi connectivity index (χ1n) is 17.8. The summed E-state index contributed by atoms with van der Waals surface area (Å²) in [4.78, 5) is 33.0. The van der Waals surface area contributed by atoms with Crippen LogP contribution in [0.2, 0.25) is 0 Å². The van der Waals surface area contributed by atoms with Crippen LogP contribution in [0.5, 0.6) is 0 Å². The summed E-state index contributed by atoms with van der Waals surface area (Å²) in [7, 11) is -3.64. The molecule has 3 fully saturated rings. The van der Waals surface area contributed by atoms with Gasteiger partial charge in [0, 0.05) is 44.1 Å². The number of likely N-dealkylation sites (tertiary alicyclic amines) is 1. The van der Waals surface area contributed by atoms with E-state index in [1.165, 1.54) is 4.31 Å². The minimum atomic E-state index is -4.15. The number of halogens is 3. The van der Waals surface area contributed by atoms with Gasteiger partial charge in [-0.25, -0.2) is 12.7 Å². The predicted molar refractivity (Wildman–Crippen MR) is 181 cm³/mol. The molecule has 3 aliphatic heterocycles. The van der Waals surface area contributed by atoms with E-state index in [1.54, 1.807) is 4.90 Å². The molecule has 1 spiro atoms. The number of piperidine rings is 2. The van der Waals surface area contributed by atoms with Crippen LogP contribution in [-0.4, -0.2) is 115 Å². The van der Waals surface area contributed by atoms with E-state index in [0.717, 1.165) is 16.7 Å². The number of nitrogens with zero attached hydrogens (tertiary/aromatic N) is 3. The fourth-order valence-corrected chi connectivity index (χ4v) is 9.34. The van der Waals surface area contributed by atoms with Crippen LogP contribution in [0.15, 0.2) is 17.1 Å². The minimum absolute atomic E-state index is 0.000797. The molecule has 11 nitrogen and oxygen atoms in total. The van der Waals surface area contributed by atoms with Crippen molar-refractivity contribution in [1.29, 1.82) is 0 Å². The third-order valence-corrected chi connectivity index (χ3v) is 12.9. The van der Waals surface area contributed by atoms with Gasteiger partial charge in [0.1, 0.15) is 17.5 Å². The lowest BCUT2D eigenvalue weighted by molar-refractivity contribution is -0.138. The van der Waals surface area contributed by atoms with Crippen molar-refractivity contribution in [3.63, 3.8) is 0 Å². The highest BCUT2D eigenvalue weighted by atomic mass is 32.2. The lowest BCUT2D eigenvalue weighted by Gasteiger charge is -2.35. The maximum atomic E-state index is 13.5. The van der Waals surface area contributed by atoms with Crippen LogP contribution in [0, 0.1) is 25.7 Å². The van der Waals surface area contributed by atoms with Gasteiger partial charge in [-0.15, -0.1) is 0 Å². The minimum Gasteiger partial charge on any atom is -0.394 e. The number of aliphatic imine (C=N–C) groups is 1. The zero-order valence-electron chi connectivity index (χ0n) is 29.0. The van der Waals surface area contributed by atoms with E-state index in [9.17, 15) is 36.3 Å². The predicted octanol–water partition coefficient (Wildman–Crippen LogP) is 3.66. The van der Waals surface area contributed by atoms with Crippen molar-refractivity contribution in [2.45, 2.75) is 108 Å². The number of nitrogens with one attached hydrogen (secondary N) is 1. The average Bonchev–Trinajstić information content (AvgIpc) is 3.40. The number of carbonyl (C=O) groups excluding carboxylic acids is 2. The zero-order valence-corrected chi connectivity index (χ0v) is 29.8. The van der Waals surface area contributed by atoms with E-state index in [0.29, 0.717) is 63.0 Å². The molecule has 3 heterocycles. The second-order valence-corrected chi connectivity index (χ2v) is 16.7. The topological polar surface area (TPSA) is 149 Å². The smallest absolute Gasteiger partial charge is 0.389 e. The van der Waals surface area contributed by atoms with Gasteiger partial charge in [-0.2, -0.15) is 13.2 Å². The molecule has 1 aromatic carbocycles. The van der Waals surface area contributed by atoms with Gasteiger partial charge in [-0.05, 0) is 113 Å². The summed E-state index contributed by atoms with van der Waals surface area (Å²) in [5, 5.41) is 21.4. The van der Waals surface area contributed by atoms with Gasteiger partial charge < -0.3 is 25.2 Å². The number of sulfonamides is 1. The number of alkyl halides is 3. The maximum Gasteiger partial charge on any atom is 0.389 e. The second kappa shape index (κ2) is 16.0. The van der Waals surface area contributed by atoms with Gasteiger partial charge >= 0.3 is 6.18 Å². The summed E-state index contributed by atoms with van der Waals surface area (Å²) in [5.41, 5.74) is 2.11. The Morgan fingerprint density at radius 3 is 2.26 bits per heavy atom. The van der Waals surface area contributed by atoms with E-state index in [1.807, 2.05) is 26.0 Å². The Morgan fingerprint density at radius 2 is 1.68 bits per heavy atom. The van der Waals surface area contributed by atoms with Crippen LogP contribution in [0.4, 0.5) is 13.2 Å². The Kier molecular flexibility index (Phi) is 12.3. The summed E-state index contributed by atoms with van der Waals surface area (Å²) < 4.78 is 71.9. The Balaban J connectivity index is 1.11. The fraction of sp³-hybridized carbons (Fsp3) is 0.743. The molecule has 280 valence electrons. The van der Waals surface area contributed by atoms with Gasteiger partial charge in [0.25, 0.3) is 11.8 Å². The molecule has 1 atom stereocenters. The van der Waals surface area contributed by atoms with Crippen molar-refractivity contribution in [2.75, 3.05) is 45.1 Å². The lowest BCUT2D eigenvalue weighted by atomic mass is 9.79. The number of hydrogen-bond donors (Lipinski definition) is 3. The standard InChI is InChI=1S/C35H51F3N4O7S/c1-23-19-27(32(45)41-14-8-29(9-15-41)49-22-28(44)21-43)20-24(2)30(23)10-18-50(47,48)42-16-12-34(13-17-42)33(46)39-31(40-34)26-5-3-25(4-6-26)7-11-35(36,37)38/h19-20,25-26,28-29,43-44H,3-18,21-22H2,1-2H3,(H,39,40,46)/t25?,26?,28-/m1/s1. The average molecular weight is 729 g/mol. The van der Waals surface area contributed by atoms with E-state index in [4.69, 9.17) is 14.8 Å². The number of aliphatic hydroxyl groups excluding tert-OH is 2. The molecule has 0 unspecified atom stereocenters.